The van der Waals surface area contributed by atoms with Crippen LogP contribution in [0.15, 0.2) is 24.3 Å². The summed E-state index contributed by atoms with van der Waals surface area (Å²) < 4.78 is 12.6. The van der Waals surface area contributed by atoms with E-state index in [2.05, 4.69) is 19.2 Å². The average Bonchev–Trinajstić information content (AvgIpc) is 2.21. The van der Waals surface area contributed by atoms with Crippen molar-refractivity contribution in [3.8, 4) is 0 Å². The average molecular weight is 225 g/mol. The van der Waals surface area contributed by atoms with Gasteiger partial charge in [-0.15, -0.1) is 0 Å². The Morgan fingerprint density at radius 2 is 1.81 bits per heavy atom. The van der Waals surface area contributed by atoms with Crippen LogP contribution in [-0.4, -0.2) is 24.3 Å². The first-order valence-electron chi connectivity index (χ1n) is 5.71. The predicted molar refractivity (Wildman–Crippen MR) is 63.8 cm³/mol. The Morgan fingerprint density at radius 3 is 2.38 bits per heavy atom. The van der Waals surface area contributed by atoms with Gasteiger partial charge >= 0.3 is 0 Å². The van der Waals surface area contributed by atoms with Crippen molar-refractivity contribution in [3.63, 3.8) is 0 Å². The van der Waals surface area contributed by atoms with Crippen LogP contribution < -0.4 is 5.32 Å². The molecular weight excluding hydrogens is 205 g/mol. The van der Waals surface area contributed by atoms with Gasteiger partial charge in [0.1, 0.15) is 5.82 Å². The fourth-order valence-corrected chi connectivity index (χ4v) is 1.50. The van der Waals surface area contributed by atoms with E-state index < -0.39 is 6.10 Å². The van der Waals surface area contributed by atoms with Gasteiger partial charge in [0.15, 0.2) is 0 Å². The number of hydrogen-bond acceptors (Lipinski definition) is 2. The van der Waals surface area contributed by atoms with Crippen molar-refractivity contribution in [1.29, 1.82) is 0 Å². The normalized spacial score (nSPS) is 13.1. The van der Waals surface area contributed by atoms with Crippen LogP contribution in [0, 0.1) is 11.7 Å². The second-order valence-corrected chi connectivity index (χ2v) is 4.54. The number of benzene rings is 1. The third-order valence-corrected chi connectivity index (χ3v) is 2.32. The quantitative estimate of drug-likeness (QED) is 0.776. The molecule has 0 aromatic heterocycles. The second kappa shape index (κ2) is 6.61. The highest BCUT2D eigenvalue weighted by molar-refractivity contribution is 5.16. The van der Waals surface area contributed by atoms with Gasteiger partial charge < -0.3 is 10.4 Å². The van der Waals surface area contributed by atoms with Gasteiger partial charge in [0.2, 0.25) is 0 Å². The van der Waals surface area contributed by atoms with E-state index in [1.807, 2.05) is 0 Å². The summed E-state index contributed by atoms with van der Waals surface area (Å²) in [6, 6.07) is 6.26. The van der Waals surface area contributed by atoms with Crippen LogP contribution in [0.2, 0.25) is 0 Å². The molecule has 1 unspecified atom stereocenters. The zero-order valence-corrected chi connectivity index (χ0v) is 9.91. The van der Waals surface area contributed by atoms with E-state index in [0.29, 0.717) is 18.9 Å². The van der Waals surface area contributed by atoms with Crippen molar-refractivity contribution in [2.45, 2.75) is 26.4 Å². The van der Waals surface area contributed by atoms with Crippen LogP contribution in [0.1, 0.15) is 19.4 Å². The Hall–Kier alpha value is -0.930. The molecule has 0 aliphatic rings. The van der Waals surface area contributed by atoms with Crippen LogP contribution >= 0.6 is 0 Å². The fraction of sp³-hybridized carbons (Fsp3) is 0.538. The number of nitrogens with one attached hydrogen (secondary N) is 1. The van der Waals surface area contributed by atoms with Crippen LogP contribution in [0.4, 0.5) is 4.39 Å². The molecule has 1 aromatic rings. The van der Waals surface area contributed by atoms with Crippen molar-refractivity contribution in [2.75, 3.05) is 13.1 Å². The molecule has 2 nitrogen and oxygen atoms in total. The molecule has 2 N–H and O–H groups in total. The summed E-state index contributed by atoms with van der Waals surface area (Å²) >= 11 is 0. The lowest BCUT2D eigenvalue weighted by molar-refractivity contribution is 0.170. The molecule has 3 heteroatoms. The summed E-state index contributed by atoms with van der Waals surface area (Å²) in [5.74, 6) is 0.342. The number of halogens is 1. The summed E-state index contributed by atoms with van der Waals surface area (Å²) in [6.07, 6.45) is 0.148. The first kappa shape index (κ1) is 13.1. The van der Waals surface area contributed by atoms with E-state index in [1.165, 1.54) is 12.1 Å². The molecule has 90 valence electrons. The number of aliphatic hydroxyl groups is 1. The molecule has 0 bridgehead atoms. The van der Waals surface area contributed by atoms with E-state index in [0.717, 1.165) is 12.1 Å². The molecule has 0 fully saturated rings. The van der Waals surface area contributed by atoms with Gasteiger partial charge in [-0.25, -0.2) is 4.39 Å². The highest BCUT2D eigenvalue weighted by atomic mass is 19.1. The largest absolute Gasteiger partial charge is 0.391 e. The smallest absolute Gasteiger partial charge is 0.123 e. The van der Waals surface area contributed by atoms with Crippen molar-refractivity contribution in [3.05, 3.63) is 35.6 Å². The molecule has 0 amide bonds. The van der Waals surface area contributed by atoms with Crippen LogP contribution in [0.3, 0.4) is 0 Å². The molecule has 1 rings (SSSR count). The molecule has 16 heavy (non-hydrogen) atoms. The van der Waals surface area contributed by atoms with Gasteiger partial charge in [-0.1, -0.05) is 26.0 Å². The maximum absolute atomic E-state index is 12.6. The van der Waals surface area contributed by atoms with Crippen LogP contribution in [0.5, 0.6) is 0 Å². The molecular formula is C13H20FNO. The van der Waals surface area contributed by atoms with Crippen molar-refractivity contribution in [1.82, 2.24) is 5.32 Å². The van der Waals surface area contributed by atoms with Gasteiger partial charge in [0, 0.05) is 6.54 Å². The third kappa shape index (κ3) is 5.24. The summed E-state index contributed by atoms with van der Waals surface area (Å²) in [4.78, 5) is 0. The number of aliphatic hydroxyl groups excluding tert-OH is 1. The third-order valence-electron chi connectivity index (χ3n) is 2.32. The zero-order valence-electron chi connectivity index (χ0n) is 9.91. The second-order valence-electron chi connectivity index (χ2n) is 4.54. The fourth-order valence-electron chi connectivity index (χ4n) is 1.50. The lowest BCUT2D eigenvalue weighted by Crippen LogP contribution is -2.30. The molecule has 0 saturated heterocycles. The summed E-state index contributed by atoms with van der Waals surface area (Å²) in [7, 11) is 0. The highest BCUT2D eigenvalue weighted by Crippen LogP contribution is 2.05. The molecule has 0 heterocycles. The Labute approximate surface area is 96.5 Å². The van der Waals surface area contributed by atoms with Gasteiger partial charge in [0.25, 0.3) is 0 Å². The van der Waals surface area contributed by atoms with E-state index in [4.69, 9.17) is 0 Å². The lowest BCUT2D eigenvalue weighted by Gasteiger charge is -2.13. The Kier molecular flexibility index (Phi) is 5.43. The maximum Gasteiger partial charge on any atom is 0.123 e. The first-order chi connectivity index (χ1) is 7.58. The summed E-state index contributed by atoms with van der Waals surface area (Å²) in [6.45, 7) is 5.73. The minimum Gasteiger partial charge on any atom is -0.391 e. The standard InChI is InChI=1S/C13H20FNO/c1-10(2)8-15-9-13(16)7-11-3-5-12(14)6-4-11/h3-6,10,13,15-16H,7-9H2,1-2H3. The molecule has 1 atom stereocenters. The zero-order chi connectivity index (χ0) is 12.0. The molecule has 0 spiro atoms. The van der Waals surface area contributed by atoms with E-state index >= 15 is 0 Å². The molecule has 0 aliphatic carbocycles. The van der Waals surface area contributed by atoms with E-state index in [9.17, 15) is 9.50 Å². The van der Waals surface area contributed by atoms with Gasteiger partial charge in [-0.3, -0.25) is 0 Å². The summed E-state index contributed by atoms with van der Waals surface area (Å²) in [5, 5.41) is 12.9. The highest BCUT2D eigenvalue weighted by Gasteiger charge is 2.05. The lowest BCUT2D eigenvalue weighted by atomic mass is 10.1. The van der Waals surface area contributed by atoms with E-state index in [-0.39, 0.29) is 5.82 Å². The Balaban J connectivity index is 2.28. The first-order valence-corrected chi connectivity index (χ1v) is 5.71. The minimum atomic E-state index is -0.413. The molecule has 0 aliphatic heterocycles. The monoisotopic (exact) mass is 225 g/mol. The summed E-state index contributed by atoms with van der Waals surface area (Å²) in [5.41, 5.74) is 0.959. The van der Waals surface area contributed by atoms with Crippen LogP contribution in [-0.2, 0) is 6.42 Å². The van der Waals surface area contributed by atoms with Gasteiger partial charge in [-0.05, 0) is 36.6 Å². The minimum absolute atomic E-state index is 0.240. The van der Waals surface area contributed by atoms with E-state index in [1.54, 1.807) is 12.1 Å². The predicted octanol–water partition coefficient (Wildman–Crippen LogP) is 1.97. The maximum atomic E-state index is 12.6. The molecule has 0 saturated carbocycles. The van der Waals surface area contributed by atoms with Gasteiger partial charge in [-0.2, -0.15) is 0 Å². The SMILES string of the molecule is CC(C)CNCC(O)Cc1ccc(F)cc1. The van der Waals surface area contributed by atoms with Crippen LogP contribution in [0.25, 0.3) is 0 Å². The van der Waals surface area contributed by atoms with Gasteiger partial charge in [0.05, 0.1) is 6.10 Å². The topological polar surface area (TPSA) is 32.3 Å². The van der Waals surface area contributed by atoms with Crippen molar-refractivity contribution in [2.24, 2.45) is 5.92 Å². The van der Waals surface area contributed by atoms with Crippen molar-refractivity contribution >= 4 is 0 Å². The number of hydrogen-bond donors (Lipinski definition) is 2. The Bertz CT molecular complexity index is 297. The number of rotatable bonds is 6. The molecule has 1 aromatic carbocycles. The Morgan fingerprint density at radius 1 is 1.19 bits per heavy atom. The molecule has 0 radical (unpaired) electrons. The van der Waals surface area contributed by atoms with Crippen molar-refractivity contribution < 1.29 is 9.50 Å².